The Balaban J connectivity index is 2.96. The zero-order valence-electron chi connectivity index (χ0n) is 5.69. The Bertz CT molecular complexity index is 228. The number of alkyl halides is 1. The highest BCUT2D eigenvalue weighted by atomic mass is 79.9. The molecular weight excluding hydrogens is 201 g/mol. The fourth-order valence-corrected chi connectivity index (χ4v) is 0.809. The van der Waals surface area contributed by atoms with E-state index in [0.717, 1.165) is 0 Å². The highest BCUT2D eigenvalue weighted by Crippen LogP contribution is 2.24. The van der Waals surface area contributed by atoms with Gasteiger partial charge in [0.15, 0.2) is 0 Å². The van der Waals surface area contributed by atoms with Gasteiger partial charge in [0.1, 0.15) is 17.6 Å². The van der Waals surface area contributed by atoms with Gasteiger partial charge < -0.3 is 4.42 Å². The third kappa shape index (κ3) is 1.56. The highest BCUT2D eigenvalue weighted by molar-refractivity contribution is 9.10. The normalized spacial score (nSPS) is 12.0. The number of oxazole rings is 1. The lowest BCUT2D eigenvalue weighted by molar-refractivity contribution is 0.214. The smallest absolute Gasteiger partial charge is 0.264 e. The molecule has 0 aliphatic carbocycles. The van der Waals surface area contributed by atoms with Crippen molar-refractivity contribution in [3.05, 3.63) is 16.8 Å². The maximum Gasteiger partial charge on any atom is 0.264 e. The van der Waals surface area contributed by atoms with Crippen LogP contribution in [0.15, 0.2) is 15.5 Å². The molecular formula is C6H7BrFNO. The van der Waals surface area contributed by atoms with Crippen LogP contribution in [-0.4, -0.2) is 4.98 Å². The third-order valence-electron chi connectivity index (χ3n) is 1.09. The van der Waals surface area contributed by atoms with Crippen molar-refractivity contribution in [3.63, 3.8) is 0 Å². The summed E-state index contributed by atoms with van der Waals surface area (Å²) >= 11 is 2.98. The van der Waals surface area contributed by atoms with Crippen LogP contribution in [0.4, 0.5) is 4.39 Å². The Morgan fingerprint density at radius 1 is 1.70 bits per heavy atom. The average Bonchev–Trinajstić information content (AvgIpc) is 2.11. The van der Waals surface area contributed by atoms with E-state index in [1.54, 1.807) is 0 Å². The summed E-state index contributed by atoms with van der Waals surface area (Å²) in [6.07, 6.45) is 1.30. The average molecular weight is 208 g/mol. The quantitative estimate of drug-likeness (QED) is 0.708. The number of hydrogen-bond donors (Lipinski definition) is 0. The summed E-state index contributed by atoms with van der Waals surface area (Å²) in [6.45, 7) is 2.86. The molecule has 0 aromatic carbocycles. The van der Waals surface area contributed by atoms with Crippen LogP contribution in [0, 0.1) is 0 Å². The molecule has 0 radical (unpaired) electrons. The van der Waals surface area contributed by atoms with Crippen molar-refractivity contribution in [3.8, 4) is 0 Å². The van der Waals surface area contributed by atoms with Gasteiger partial charge in [-0.25, -0.2) is 9.37 Å². The van der Waals surface area contributed by atoms with E-state index in [1.165, 1.54) is 20.1 Å². The standard InChI is InChI=1S/C6H7BrFNO/c1-6(2,8)4-3-10-5(7)9-4/h3H,1-2H3. The molecule has 1 heterocycles. The molecule has 1 aromatic heterocycles. The van der Waals surface area contributed by atoms with Crippen LogP contribution in [0.2, 0.25) is 0 Å². The van der Waals surface area contributed by atoms with Crippen molar-refractivity contribution < 1.29 is 8.81 Å². The predicted octanol–water partition coefficient (Wildman–Crippen LogP) is 2.64. The molecule has 0 aliphatic rings. The first-order chi connectivity index (χ1) is 4.50. The topological polar surface area (TPSA) is 26.0 Å². The fourth-order valence-electron chi connectivity index (χ4n) is 0.525. The zero-order chi connectivity index (χ0) is 7.78. The van der Waals surface area contributed by atoms with E-state index in [1.807, 2.05) is 0 Å². The first-order valence-electron chi connectivity index (χ1n) is 2.80. The maximum absolute atomic E-state index is 13.0. The Morgan fingerprint density at radius 3 is 2.50 bits per heavy atom. The van der Waals surface area contributed by atoms with Gasteiger partial charge >= 0.3 is 0 Å². The summed E-state index contributed by atoms with van der Waals surface area (Å²) in [4.78, 5) is 4.07. The van der Waals surface area contributed by atoms with E-state index in [4.69, 9.17) is 4.42 Å². The molecule has 0 fully saturated rings. The number of hydrogen-bond acceptors (Lipinski definition) is 2. The van der Waals surface area contributed by atoms with E-state index < -0.39 is 5.67 Å². The van der Waals surface area contributed by atoms with E-state index in [0.29, 0.717) is 10.5 Å². The van der Waals surface area contributed by atoms with Crippen LogP contribution in [0.1, 0.15) is 19.5 Å². The van der Waals surface area contributed by atoms with Crippen LogP contribution in [0.3, 0.4) is 0 Å². The number of rotatable bonds is 1. The lowest BCUT2D eigenvalue weighted by Crippen LogP contribution is -2.08. The highest BCUT2D eigenvalue weighted by Gasteiger charge is 2.22. The molecule has 0 unspecified atom stereocenters. The molecule has 0 saturated heterocycles. The molecule has 1 aromatic rings. The van der Waals surface area contributed by atoms with Crippen molar-refractivity contribution >= 4 is 15.9 Å². The van der Waals surface area contributed by atoms with Crippen LogP contribution in [0.25, 0.3) is 0 Å². The largest absolute Gasteiger partial charge is 0.439 e. The first kappa shape index (κ1) is 7.72. The van der Waals surface area contributed by atoms with Gasteiger partial charge in [0.2, 0.25) is 0 Å². The van der Waals surface area contributed by atoms with Gasteiger partial charge in [0, 0.05) is 15.9 Å². The van der Waals surface area contributed by atoms with Crippen LogP contribution in [-0.2, 0) is 5.67 Å². The van der Waals surface area contributed by atoms with Gasteiger partial charge in [-0.15, -0.1) is 0 Å². The lowest BCUT2D eigenvalue weighted by atomic mass is 10.1. The number of aromatic nitrogens is 1. The van der Waals surface area contributed by atoms with E-state index in [-0.39, 0.29) is 0 Å². The monoisotopic (exact) mass is 207 g/mol. The number of nitrogens with zero attached hydrogens (tertiary/aromatic N) is 1. The molecule has 0 atom stereocenters. The summed E-state index contributed by atoms with van der Waals surface area (Å²) in [6, 6.07) is 0. The predicted molar refractivity (Wildman–Crippen MR) is 38.3 cm³/mol. The minimum atomic E-state index is -1.42. The molecule has 0 bridgehead atoms. The summed E-state index contributed by atoms with van der Waals surface area (Å²) in [5.74, 6) is 0. The Hall–Kier alpha value is -0.380. The van der Waals surface area contributed by atoms with Crippen molar-refractivity contribution in [1.82, 2.24) is 4.98 Å². The molecule has 10 heavy (non-hydrogen) atoms. The van der Waals surface area contributed by atoms with E-state index in [2.05, 4.69) is 20.9 Å². The van der Waals surface area contributed by atoms with E-state index in [9.17, 15) is 4.39 Å². The zero-order valence-corrected chi connectivity index (χ0v) is 7.27. The van der Waals surface area contributed by atoms with Gasteiger partial charge in [-0.05, 0) is 13.8 Å². The second-order valence-electron chi connectivity index (χ2n) is 2.46. The molecule has 4 heteroatoms. The Kier molecular flexibility index (Phi) is 1.81. The summed E-state index contributed by atoms with van der Waals surface area (Å²) in [5.41, 5.74) is -1.12. The number of halogens is 2. The van der Waals surface area contributed by atoms with Crippen molar-refractivity contribution in [2.45, 2.75) is 19.5 Å². The van der Waals surface area contributed by atoms with Gasteiger partial charge in [-0.2, -0.15) is 0 Å². The van der Waals surface area contributed by atoms with Gasteiger partial charge in [0.25, 0.3) is 4.80 Å². The van der Waals surface area contributed by atoms with Gasteiger partial charge in [0.05, 0.1) is 0 Å². The van der Waals surface area contributed by atoms with Crippen molar-refractivity contribution in [2.75, 3.05) is 0 Å². The van der Waals surface area contributed by atoms with Gasteiger partial charge in [-0.3, -0.25) is 0 Å². The molecule has 0 saturated carbocycles. The van der Waals surface area contributed by atoms with Crippen molar-refractivity contribution in [1.29, 1.82) is 0 Å². The van der Waals surface area contributed by atoms with Gasteiger partial charge in [-0.1, -0.05) is 0 Å². The second-order valence-corrected chi connectivity index (χ2v) is 3.14. The molecule has 0 aliphatic heterocycles. The minimum Gasteiger partial charge on any atom is -0.439 e. The maximum atomic E-state index is 13.0. The SMILES string of the molecule is CC(C)(F)c1coc(Br)n1. The molecule has 56 valence electrons. The fraction of sp³-hybridized carbons (Fsp3) is 0.500. The van der Waals surface area contributed by atoms with Crippen LogP contribution < -0.4 is 0 Å². The Morgan fingerprint density at radius 2 is 2.30 bits per heavy atom. The van der Waals surface area contributed by atoms with Crippen LogP contribution >= 0.6 is 15.9 Å². The van der Waals surface area contributed by atoms with Crippen molar-refractivity contribution in [2.24, 2.45) is 0 Å². The first-order valence-corrected chi connectivity index (χ1v) is 3.60. The molecule has 2 nitrogen and oxygen atoms in total. The third-order valence-corrected chi connectivity index (χ3v) is 1.45. The second kappa shape index (κ2) is 2.34. The molecule has 0 N–H and O–H groups in total. The van der Waals surface area contributed by atoms with Crippen LogP contribution in [0.5, 0.6) is 0 Å². The molecule has 0 spiro atoms. The summed E-state index contributed by atoms with van der Waals surface area (Å²) < 4.78 is 17.7. The minimum absolute atomic E-state index is 0.305. The molecule has 0 amide bonds. The summed E-state index contributed by atoms with van der Waals surface area (Å²) in [7, 11) is 0. The summed E-state index contributed by atoms with van der Waals surface area (Å²) in [5, 5.41) is 0. The lowest BCUT2D eigenvalue weighted by Gasteiger charge is -2.07. The molecule has 1 rings (SSSR count). The Labute approximate surface area is 66.6 Å². The van der Waals surface area contributed by atoms with E-state index >= 15 is 0 Å².